The van der Waals surface area contributed by atoms with Crippen molar-refractivity contribution in [3.63, 3.8) is 0 Å². The first-order valence-electron chi connectivity index (χ1n) is 6.35. The van der Waals surface area contributed by atoms with Gasteiger partial charge in [0.2, 0.25) is 5.95 Å². The third-order valence-corrected chi connectivity index (χ3v) is 3.05. The van der Waals surface area contributed by atoms with Gasteiger partial charge in [-0.2, -0.15) is 0 Å². The number of allylic oxidation sites excluding steroid dienone is 1. The molecule has 0 unspecified atom stereocenters. The van der Waals surface area contributed by atoms with Crippen molar-refractivity contribution in [2.75, 3.05) is 12.8 Å². The summed E-state index contributed by atoms with van der Waals surface area (Å²) in [5.41, 5.74) is 14.8. The Morgan fingerprint density at radius 3 is 2.62 bits per heavy atom. The first kappa shape index (κ1) is 15.0. The Kier molecular flexibility index (Phi) is 4.90. The number of hydrogen-bond donors (Lipinski definition) is 2. The van der Waals surface area contributed by atoms with Gasteiger partial charge in [0.05, 0.1) is 11.4 Å². The molecule has 1 heterocycles. The van der Waals surface area contributed by atoms with Crippen molar-refractivity contribution in [3.05, 3.63) is 58.4 Å². The Bertz CT molecular complexity index is 659. The topological polar surface area (TPSA) is 90.2 Å². The molecule has 0 bridgehead atoms. The second kappa shape index (κ2) is 6.85. The van der Waals surface area contributed by atoms with Crippen molar-refractivity contribution < 1.29 is 0 Å². The van der Waals surface area contributed by atoms with Crippen molar-refractivity contribution in [2.24, 2.45) is 10.7 Å². The predicted molar refractivity (Wildman–Crippen MR) is 87.1 cm³/mol. The van der Waals surface area contributed by atoms with Crippen LogP contribution in [-0.2, 0) is 6.42 Å². The lowest BCUT2D eigenvalue weighted by atomic mass is 10.0. The second-order valence-corrected chi connectivity index (χ2v) is 4.81. The van der Waals surface area contributed by atoms with E-state index in [4.69, 9.17) is 23.1 Å². The van der Waals surface area contributed by atoms with E-state index in [-0.39, 0.29) is 11.1 Å². The monoisotopic (exact) mass is 301 g/mol. The van der Waals surface area contributed by atoms with Crippen molar-refractivity contribution in [1.29, 1.82) is 0 Å². The summed E-state index contributed by atoms with van der Waals surface area (Å²) in [6.45, 7) is 0. The minimum atomic E-state index is 0.0907. The fraction of sp³-hybridized carbons (Fsp3) is 0.133. The molecule has 0 saturated heterocycles. The van der Waals surface area contributed by atoms with Crippen LogP contribution in [0.3, 0.4) is 0 Å². The molecule has 1 aromatic heterocycles. The standard InChI is InChI=1S/C15H16ClN5/c1-19-9-11(7-10-5-3-2-4-6-10)14(17)12-8-13(16)21-15(18)20-12/h2-6,8-9H,7,17H2,1H3,(H2,18,20,21)/b14-11-,19-9?. The summed E-state index contributed by atoms with van der Waals surface area (Å²) >= 11 is 5.89. The maximum Gasteiger partial charge on any atom is 0.222 e. The zero-order chi connectivity index (χ0) is 15.2. The van der Waals surface area contributed by atoms with E-state index in [0.29, 0.717) is 17.8 Å². The van der Waals surface area contributed by atoms with E-state index in [2.05, 4.69) is 15.0 Å². The second-order valence-electron chi connectivity index (χ2n) is 4.42. The van der Waals surface area contributed by atoms with Crippen molar-refractivity contribution in [2.45, 2.75) is 6.42 Å². The SMILES string of the molecule is CN=C/C(Cc1ccccc1)=C(\N)c1cc(Cl)nc(N)n1. The number of nitrogens with two attached hydrogens (primary N) is 2. The lowest BCUT2D eigenvalue weighted by Crippen LogP contribution is -2.09. The Morgan fingerprint density at radius 2 is 2.00 bits per heavy atom. The largest absolute Gasteiger partial charge is 0.397 e. The number of anilines is 1. The van der Waals surface area contributed by atoms with E-state index < -0.39 is 0 Å². The van der Waals surface area contributed by atoms with Crippen LogP contribution in [0, 0.1) is 0 Å². The van der Waals surface area contributed by atoms with E-state index in [1.165, 1.54) is 0 Å². The number of aromatic nitrogens is 2. The van der Waals surface area contributed by atoms with Crippen LogP contribution in [0.4, 0.5) is 5.95 Å². The van der Waals surface area contributed by atoms with Gasteiger partial charge in [-0.05, 0) is 11.1 Å². The maximum absolute atomic E-state index is 6.19. The Balaban J connectivity index is 2.43. The highest BCUT2D eigenvalue weighted by Gasteiger charge is 2.09. The first-order chi connectivity index (χ1) is 10.1. The first-order valence-corrected chi connectivity index (χ1v) is 6.73. The van der Waals surface area contributed by atoms with Gasteiger partial charge in [-0.25, -0.2) is 9.97 Å². The van der Waals surface area contributed by atoms with E-state index >= 15 is 0 Å². The molecular formula is C15H16ClN5. The van der Waals surface area contributed by atoms with Crippen LogP contribution in [-0.4, -0.2) is 23.2 Å². The molecule has 0 radical (unpaired) electrons. The number of aliphatic imine (C=N–C) groups is 1. The summed E-state index contributed by atoms with van der Waals surface area (Å²) < 4.78 is 0. The van der Waals surface area contributed by atoms with Gasteiger partial charge in [0.15, 0.2) is 0 Å². The highest BCUT2D eigenvalue weighted by atomic mass is 35.5. The molecule has 0 amide bonds. The molecular weight excluding hydrogens is 286 g/mol. The van der Waals surface area contributed by atoms with Crippen LogP contribution in [0.2, 0.25) is 5.15 Å². The summed E-state index contributed by atoms with van der Waals surface area (Å²) in [6.07, 6.45) is 2.36. The van der Waals surface area contributed by atoms with Crippen molar-refractivity contribution in [1.82, 2.24) is 9.97 Å². The van der Waals surface area contributed by atoms with Crippen LogP contribution in [0.15, 0.2) is 47.0 Å². The zero-order valence-electron chi connectivity index (χ0n) is 11.6. The summed E-state index contributed by atoms with van der Waals surface area (Å²) in [5.74, 6) is 0.0907. The van der Waals surface area contributed by atoms with Crippen LogP contribution in [0.5, 0.6) is 0 Å². The fourth-order valence-corrected chi connectivity index (χ4v) is 2.11. The molecule has 2 aromatic rings. The number of halogens is 1. The smallest absolute Gasteiger partial charge is 0.222 e. The Morgan fingerprint density at radius 1 is 1.29 bits per heavy atom. The van der Waals surface area contributed by atoms with Crippen LogP contribution >= 0.6 is 11.6 Å². The van der Waals surface area contributed by atoms with Gasteiger partial charge in [-0.15, -0.1) is 0 Å². The molecule has 21 heavy (non-hydrogen) atoms. The molecule has 0 aliphatic heterocycles. The number of rotatable bonds is 4. The molecule has 0 aliphatic carbocycles. The minimum Gasteiger partial charge on any atom is -0.397 e. The van der Waals surface area contributed by atoms with Crippen LogP contribution in [0.1, 0.15) is 11.3 Å². The molecule has 0 saturated carbocycles. The lowest BCUT2D eigenvalue weighted by Gasteiger charge is -2.09. The molecule has 0 atom stereocenters. The van der Waals surface area contributed by atoms with E-state index in [9.17, 15) is 0 Å². The highest BCUT2D eigenvalue weighted by molar-refractivity contribution is 6.29. The molecule has 0 aliphatic rings. The van der Waals surface area contributed by atoms with Crippen LogP contribution < -0.4 is 11.5 Å². The minimum absolute atomic E-state index is 0.0907. The summed E-state index contributed by atoms with van der Waals surface area (Å²) in [5, 5.41) is 0.257. The van der Waals surface area contributed by atoms with Crippen LogP contribution in [0.25, 0.3) is 5.70 Å². The average molecular weight is 302 g/mol. The summed E-state index contributed by atoms with van der Waals surface area (Å²) in [4.78, 5) is 12.0. The molecule has 4 N–H and O–H groups in total. The van der Waals surface area contributed by atoms with E-state index in [1.807, 2.05) is 30.3 Å². The van der Waals surface area contributed by atoms with E-state index in [1.54, 1.807) is 19.3 Å². The van der Waals surface area contributed by atoms with Gasteiger partial charge in [-0.3, -0.25) is 4.99 Å². The van der Waals surface area contributed by atoms with Gasteiger partial charge >= 0.3 is 0 Å². The Labute approximate surface area is 128 Å². The highest BCUT2D eigenvalue weighted by Crippen LogP contribution is 2.18. The molecule has 5 nitrogen and oxygen atoms in total. The van der Waals surface area contributed by atoms with E-state index in [0.717, 1.165) is 11.1 Å². The molecule has 0 spiro atoms. The van der Waals surface area contributed by atoms with Gasteiger partial charge < -0.3 is 11.5 Å². The number of benzene rings is 1. The summed E-state index contributed by atoms with van der Waals surface area (Å²) in [7, 11) is 1.69. The molecule has 1 aromatic carbocycles. The molecule has 108 valence electrons. The van der Waals surface area contributed by atoms with Gasteiger partial charge in [-0.1, -0.05) is 41.9 Å². The van der Waals surface area contributed by atoms with Gasteiger partial charge in [0.1, 0.15) is 5.15 Å². The maximum atomic E-state index is 6.19. The third-order valence-electron chi connectivity index (χ3n) is 2.86. The van der Waals surface area contributed by atoms with Crippen molar-refractivity contribution in [3.8, 4) is 0 Å². The van der Waals surface area contributed by atoms with Gasteiger partial charge in [0, 0.05) is 25.7 Å². The fourth-order valence-electron chi connectivity index (χ4n) is 1.92. The molecule has 0 fully saturated rings. The average Bonchev–Trinajstić information content (AvgIpc) is 2.46. The normalized spacial score (nSPS) is 12.5. The number of nitrogen functional groups attached to an aromatic ring is 1. The quantitative estimate of drug-likeness (QED) is 0.670. The lowest BCUT2D eigenvalue weighted by molar-refractivity contribution is 1.14. The number of nitrogens with zero attached hydrogens (tertiary/aromatic N) is 3. The van der Waals surface area contributed by atoms with Crippen molar-refractivity contribution >= 4 is 29.5 Å². The third kappa shape index (κ3) is 4.03. The Hall–Kier alpha value is -2.40. The molecule has 2 rings (SSSR count). The number of hydrogen-bond acceptors (Lipinski definition) is 5. The predicted octanol–water partition coefficient (Wildman–Crippen LogP) is 2.33. The summed E-state index contributed by atoms with van der Waals surface area (Å²) in [6, 6.07) is 11.6. The van der Waals surface area contributed by atoms with Gasteiger partial charge in [0.25, 0.3) is 0 Å². The molecule has 6 heteroatoms. The zero-order valence-corrected chi connectivity index (χ0v) is 12.4.